The number of hydrogen-bond acceptors (Lipinski definition) is 2. The number of nitrogens with zero attached hydrogens (tertiary/aromatic N) is 2. The molecule has 14 heavy (non-hydrogen) atoms. The van der Waals surface area contributed by atoms with Crippen LogP contribution in [0, 0.1) is 11.5 Å². The summed E-state index contributed by atoms with van der Waals surface area (Å²) in [5.74, 6) is 0. The molecule has 0 heterocycles. The van der Waals surface area contributed by atoms with Crippen molar-refractivity contribution in [3.63, 3.8) is 0 Å². The molecule has 0 atom stereocenters. The zero-order chi connectivity index (χ0) is 10.4. The van der Waals surface area contributed by atoms with Crippen LogP contribution in [0.2, 0.25) is 0 Å². The summed E-state index contributed by atoms with van der Waals surface area (Å²) in [6.07, 6.45) is 5.56. The Morgan fingerprint density at radius 1 is 1.29 bits per heavy atom. The second-order valence-corrected chi connectivity index (χ2v) is 2.79. The SMILES string of the molecule is C=CCN(C#N)c1ccc(C=C)cc1. The number of benzene rings is 1. The molecular weight excluding hydrogens is 172 g/mol. The van der Waals surface area contributed by atoms with Crippen molar-refractivity contribution in [3.8, 4) is 6.19 Å². The van der Waals surface area contributed by atoms with Gasteiger partial charge in [0, 0.05) is 0 Å². The predicted molar refractivity (Wildman–Crippen MR) is 59.7 cm³/mol. The van der Waals surface area contributed by atoms with Gasteiger partial charge >= 0.3 is 0 Å². The summed E-state index contributed by atoms with van der Waals surface area (Å²) >= 11 is 0. The molecule has 0 N–H and O–H groups in total. The molecule has 0 unspecified atom stereocenters. The van der Waals surface area contributed by atoms with E-state index in [1.807, 2.05) is 24.3 Å². The van der Waals surface area contributed by atoms with Gasteiger partial charge in [-0.05, 0) is 17.7 Å². The van der Waals surface area contributed by atoms with Crippen molar-refractivity contribution in [3.05, 3.63) is 49.1 Å². The number of rotatable bonds is 4. The Balaban J connectivity index is 2.89. The highest BCUT2D eigenvalue weighted by Crippen LogP contribution is 2.14. The summed E-state index contributed by atoms with van der Waals surface area (Å²) in [6.45, 7) is 7.80. The first kappa shape index (κ1) is 10.1. The summed E-state index contributed by atoms with van der Waals surface area (Å²) in [7, 11) is 0. The fraction of sp³-hybridized carbons (Fsp3) is 0.0833. The van der Waals surface area contributed by atoms with Gasteiger partial charge in [0.2, 0.25) is 0 Å². The van der Waals surface area contributed by atoms with E-state index >= 15 is 0 Å². The predicted octanol–water partition coefficient (Wildman–Crippen LogP) is 2.80. The molecule has 1 rings (SSSR count). The minimum atomic E-state index is 0.532. The Kier molecular flexibility index (Phi) is 3.51. The molecular formula is C12H12N2. The van der Waals surface area contributed by atoms with Gasteiger partial charge in [0.15, 0.2) is 6.19 Å². The quantitative estimate of drug-likeness (QED) is 0.408. The van der Waals surface area contributed by atoms with Crippen molar-refractivity contribution < 1.29 is 0 Å². The van der Waals surface area contributed by atoms with Gasteiger partial charge in [-0.25, -0.2) is 0 Å². The van der Waals surface area contributed by atoms with E-state index in [1.165, 1.54) is 0 Å². The second kappa shape index (κ2) is 4.88. The molecule has 0 aromatic heterocycles. The molecule has 0 amide bonds. The molecule has 1 aromatic rings. The second-order valence-electron chi connectivity index (χ2n) is 2.79. The highest BCUT2D eigenvalue weighted by atomic mass is 15.1. The zero-order valence-electron chi connectivity index (χ0n) is 7.98. The molecule has 0 bridgehead atoms. The van der Waals surface area contributed by atoms with Gasteiger partial charge < -0.3 is 0 Å². The molecule has 0 radical (unpaired) electrons. The number of nitriles is 1. The van der Waals surface area contributed by atoms with Crippen LogP contribution in [0.3, 0.4) is 0 Å². The van der Waals surface area contributed by atoms with Gasteiger partial charge in [-0.15, -0.1) is 6.58 Å². The molecule has 0 aliphatic carbocycles. The van der Waals surface area contributed by atoms with Crippen LogP contribution in [-0.4, -0.2) is 6.54 Å². The number of anilines is 1. The third-order valence-electron chi connectivity index (χ3n) is 1.87. The maximum atomic E-state index is 8.85. The third-order valence-corrected chi connectivity index (χ3v) is 1.87. The van der Waals surface area contributed by atoms with E-state index in [1.54, 1.807) is 17.1 Å². The molecule has 0 aliphatic heterocycles. The Bertz CT molecular complexity index is 357. The van der Waals surface area contributed by atoms with Crippen molar-refractivity contribution in [2.75, 3.05) is 11.4 Å². The summed E-state index contributed by atoms with van der Waals surface area (Å²) in [5, 5.41) is 8.85. The third kappa shape index (κ3) is 2.24. The van der Waals surface area contributed by atoms with Crippen LogP contribution in [0.25, 0.3) is 6.08 Å². The van der Waals surface area contributed by atoms with Gasteiger partial charge in [-0.1, -0.05) is 30.9 Å². The first-order chi connectivity index (χ1) is 6.81. The van der Waals surface area contributed by atoms with E-state index in [0.717, 1.165) is 11.3 Å². The van der Waals surface area contributed by atoms with E-state index in [0.29, 0.717) is 6.54 Å². The highest BCUT2D eigenvalue weighted by molar-refractivity contribution is 5.56. The van der Waals surface area contributed by atoms with Crippen LogP contribution < -0.4 is 4.90 Å². The summed E-state index contributed by atoms with van der Waals surface area (Å²) in [4.78, 5) is 1.57. The van der Waals surface area contributed by atoms with Crippen LogP contribution in [0.15, 0.2) is 43.5 Å². The molecule has 70 valence electrons. The summed E-state index contributed by atoms with van der Waals surface area (Å²) in [5.41, 5.74) is 1.92. The molecule has 0 fully saturated rings. The lowest BCUT2D eigenvalue weighted by atomic mass is 10.2. The van der Waals surface area contributed by atoms with Gasteiger partial charge in [0.1, 0.15) is 0 Å². The number of hydrogen-bond donors (Lipinski definition) is 0. The van der Waals surface area contributed by atoms with E-state index in [9.17, 15) is 0 Å². The molecule has 0 saturated heterocycles. The van der Waals surface area contributed by atoms with Crippen LogP contribution in [0.5, 0.6) is 0 Å². The minimum Gasteiger partial charge on any atom is -0.276 e. The van der Waals surface area contributed by atoms with Crippen LogP contribution in [0.4, 0.5) is 5.69 Å². The Morgan fingerprint density at radius 2 is 1.93 bits per heavy atom. The van der Waals surface area contributed by atoms with E-state index in [2.05, 4.69) is 19.4 Å². The first-order valence-corrected chi connectivity index (χ1v) is 4.32. The smallest absolute Gasteiger partial charge is 0.184 e. The van der Waals surface area contributed by atoms with Crippen LogP contribution in [-0.2, 0) is 0 Å². The standard InChI is InChI=1S/C12H12N2/c1-3-9-14(10-13)12-7-5-11(4-2)6-8-12/h3-8H,1-2,9H2. The van der Waals surface area contributed by atoms with Gasteiger partial charge in [0.05, 0.1) is 12.2 Å². The van der Waals surface area contributed by atoms with Gasteiger partial charge in [-0.2, -0.15) is 5.26 Å². The first-order valence-electron chi connectivity index (χ1n) is 4.32. The molecule has 2 nitrogen and oxygen atoms in total. The van der Waals surface area contributed by atoms with Crippen molar-refractivity contribution in [2.45, 2.75) is 0 Å². The molecule has 0 spiro atoms. The Morgan fingerprint density at radius 3 is 2.36 bits per heavy atom. The largest absolute Gasteiger partial charge is 0.276 e. The highest BCUT2D eigenvalue weighted by Gasteiger charge is 2.01. The Labute approximate surface area is 84.4 Å². The van der Waals surface area contributed by atoms with E-state index < -0.39 is 0 Å². The normalized spacial score (nSPS) is 8.79. The summed E-state index contributed by atoms with van der Waals surface area (Å²) < 4.78 is 0. The van der Waals surface area contributed by atoms with Gasteiger partial charge in [0.25, 0.3) is 0 Å². The summed E-state index contributed by atoms with van der Waals surface area (Å²) in [6, 6.07) is 7.64. The average Bonchev–Trinajstić information content (AvgIpc) is 2.26. The average molecular weight is 184 g/mol. The van der Waals surface area contributed by atoms with Crippen molar-refractivity contribution >= 4 is 11.8 Å². The van der Waals surface area contributed by atoms with E-state index in [4.69, 9.17) is 5.26 Å². The lowest BCUT2D eigenvalue weighted by Crippen LogP contribution is -2.15. The zero-order valence-corrected chi connectivity index (χ0v) is 7.98. The molecule has 0 aliphatic rings. The maximum absolute atomic E-state index is 8.85. The lowest BCUT2D eigenvalue weighted by Gasteiger charge is -2.12. The van der Waals surface area contributed by atoms with Crippen LogP contribution in [0.1, 0.15) is 5.56 Å². The fourth-order valence-corrected chi connectivity index (χ4v) is 1.12. The van der Waals surface area contributed by atoms with Crippen molar-refractivity contribution in [2.24, 2.45) is 0 Å². The Hall–Kier alpha value is -2.01. The monoisotopic (exact) mass is 184 g/mol. The van der Waals surface area contributed by atoms with Crippen molar-refractivity contribution in [1.29, 1.82) is 5.26 Å². The van der Waals surface area contributed by atoms with Crippen molar-refractivity contribution in [1.82, 2.24) is 0 Å². The molecule has 0 saturated carbocycles. The maximum Gasteiger partial charge on any atom is 0.184 e. The van der Waals surface area contributed by atoms with Crippen LogP contribution >= 0.6 is 0 Å². The molecule has 1 aromatic carbocycles. The molecule has 2 heteroatoms. The van der Waals surface area contributed by atoms with E-state index in [-0.39, 0.29) is 0 Å². The lowest BCUT2D eigenvalue weighted by molar-refractivity contribution is 1.10. The minimum absolute atomic E-state index is 0.532. The van der Waals surface area contributed by atoms with Gasteiger partial charge in [-0.3, -0.25) is 4.90 Å². The topological polar surface area (TPSA) is 27.0 Å². The fourth-order valence-electron chi connectivity index (χ4n) is 1.12.